The van der Waals surface area contributed by atoms with Crippen molar-refractivity contribution in [1.29, 1.82) is 0 Å². The fourth-order valence-corrected chi connectivity index (χ4v) is 14.1. The van der Waals surface area contributed by atoms with Gasteiger partial charge in [-0.2, -0.15) is 0 Å². The van der Waals surface area contributed by atoms with E-state index < -0.39 is 81.0 Å². The molecule has 1 N–H and O–H groups in total. The number of carboxylic acids is 1. The van der Waals surface area contributed by atoms with Crippen LogP contribution in [0.4, 0.5) is 0 Å². The number of hydrogen-bond donors (Lipinski definition) is 1. The summed E-state index contributed by atoms with van der Waals surface area (Å²) in [4.78, 5) is 123. The minimum atomic E-state index is -1.16. The van der Waals surface area contributed by atoms with E-state index in [1.54, 1.807) is 64.6 Å². The summed E-state index contributed by atoms with van der Waals surface area (Å²) in [6, 6.07) is 12.9. The maximum absolute atomic E-state index is 14.4. The molecular weight excluding hydrogens is 1160 g/mol. The molecule has 470 valence electrons. The molecule has 2 aromatic rings. The number of halogens is 2. The number of carbonyl (C=O) groups excluding carboxylic acids is 7. The number of nitrogens with zero attached hydrogens (tertiary/aromatic N) is 4. The normalized spacial score (nSPS) is 31.9. The average molecular weight is 1240 g/mol. The number of esters is 3. The van der Waals surface area contributed by atoms with Gasteiger partial charge in [0.05, 0.1) is 67.4 Å². The van der Waals surface area contributed by atoms with Crippen LogP contribution < -0.4 is 0 Å². The molecule has 2 spiro atoms. The van der Waals surface area contributed by atoms with Crippen LogP contribution in [-0.2, 0) is 62.2 Å². The van der Waals surface area contributed by atoms with Crippen LogP contribution in [-0.4, -0.2) is 128 Å². The number of hydrogen-bond acceptors (Lipinski definition) is 15. The van der Waals surface area contributed by atoms with Crippen LogP contribution in [0.5, 0.6) is 0 Å². The lowest BCUT2D eigenvalue weighted by molar-refractivity contribution is -0.159. The summed E-state index contributed by atoms with van der Waals surface area (Å²) in [6.45, 7) is 11.0. The quantitative estimate of drug-likeness (QED) is 0.147. The van der Waals surface area contributed by atoms with Gasteiger partial charge in [0.15, 0.2) is 22.8 Å². The van der Waals surface area contributed by atoms with Gasteiger partial charge < -0.3 is 38.8 Å². The highest BCUT2D eigenvalue weighted by molar-refractivity contribution is 6.31. The lowest BCUT2D eigenvalue weighted by Crippen LogP contribution is -2.46. The molecule has 4 fully saturated rings. The standard InChI is InChI=1S/C34H43ClN2O7.C33H41ClN2O7/c1-32(2,3)43-29(39)16-23-11-8-6-5-7-9-13-24-17-34(24,31(41)42-4)20-28(38)27-19-33(21-37(27)30(23)40)18-26(36-44-33)22-12-10-14-25(35)15-22;1-31(2,3)42-28(38)15-22-10-7-5-4-6-8-12-23-16-33(23,30(40)41)19-27(37)26-18-32(20-36(26)29(22)39)17-25(35-43-32)21-11-9-13-24(34)14-21/h9-10,12-15,23-24,27H,5-8,11,16-21H2,1-4H3;8-9,11-14,22-23,26H,4-7,10,15-20H2,1-3H3,(H,40,41)/b13-9-;12-8-/t23-,24-,27+,33-,34-;22-,23-,26+,32-,33-/m11/s1. The Hall–Kier alpha value is -6.40. The van der Waals surface area contributed by atoms with Gasteiger partial charge in [0.25, 0.3) is 0 Å². The third kappa shape index (κ3) is 15.5. The Kier molecular flexibility index (Phi) is 19.7. The lowest BCUT2D eigenvalue weighted by Gasteiger charge is -2.29. The minimum Gasteiger partial charge on any atom is -0.481 e. The van der Waals surface area contributed by atoms with E-state index in [4.69, 9.17) is 47.1 Å². The van der Waals surface area contributed by atoms with Gasteiger partial charge >= 0.3 is 23.9 Å². The maximum atomic E-state index is 14.4. The lowest BCUT2D eigenvalue weighted by atomic mass is 9.87. The van der Waals surface area contributed by atoms with Crippen molar-refractivity contribution in [3.8, 4) is 0 Å². The van der Waals surface area contributed by atoms with Gasteiger partial charge in [0.1, 0.15) is 11.2 Å². The Bertz CT molecular complexity index is 3130. The van der Waals surface area contributed by atoms with Crippen LogP contribution >= 0.6 is 23.2 Å². The number of oxime groups is 2. The second-order valence-corrected chi connectivity index (χ2v) is 28.4. The van der Waals surface area contributed by atoms with Crippen LogP contribution in [0, 0.1) is 34.5 Å². The fourth-order valence-electron chi connectivity index (χ4n) is 13.7. The van der Waals surface area contributed by atoms with Crippen molar-refractivity contribution in [2.24, 2.45) is 44.8 Å². The number of aliphatic carboxylic acids is 1. The van der Waals surface area contributed by atoms with E-state index in [-0.39, 0.29) is 86.8 Å². The molecule has 20 heteroatoms. The zero-order valence-corrected chi connectivity index (χ0v) is 52.8. The van der Waals surface area contributed by atoms with Gasteiger partial charge in [-0.15, -0.1) is 0 Å². The number of rotatable bonds is 8. The molecule has 0 bridgehead atoms. The molecule has 8 aliphatic rings. The van der Waals surface area contributed by atoms with Gasteiger partial charge in [-0.25, -0.2) is 0 Å². The number of ether oxygens (including phenoxy) is 3. The molecule has 6 heterocycles. The maximum Gasteiger partial charge on any atom is 0.312 e. The number of fused-ring (bicyclic) bond motifs is 4. The molecular formula is C67H84Cl2N4O14. The zero-order chi connectivity index (χ0) is 62.7. The first-order chi connectivity index (χ1) is 41.2. The Balaban J connectivity index is 0.000000208. The molecule has 10 atom stereocenters. The van der Waals surface area contributed by atoms with Gasteiger partial charge in [-0.3, -0.25) is 38.4 Å². The smallest absolute Gasteiger partial charge is 0.312 e. The predicted molar refractivity (Wildman–Crippen MR) is 325 cm³/mol. The number of benzene rings is 2. The van der Waals surface area contributed by atoms with E-state index in [1.807, 2.05) is 48.6 Å². The predicted octanol–water partition coefficient (Wildman–Crippen LogP) is 11.5. The van der Waals surface area contributed by atoms with E-state index in [0.29, 0.717) is 60.0 Å². The molecule has 0 unspecified atom stereocenters. The van der Waals surface area contributed by atoms with E-state index >= 15 is 0 Å². The molecule has 2 aliphatic carbocycles. The molecule has 6 aliphatic heterocycles. The van der Waals surface area contributed by atoms with Crippen molar-refractivity contribution in [1.82, 2.24) is 9.80 Å². The third-order valence-corrected chi connectivity index (χ3v) is 18.8. The summed E-state index contributed by atoms with van der Waals surface area (Å²) in [7, 11) is 1.35. The number of allylic oxidation sites excluding steroid dienone is 4. The van der Waals surface area contributed by atoms with Crippen LogP contribution in [0.25, 0.3) is 0 Å². The largest absolute Gasteiger partial charge is 0.481 e. The first kappa shape index (κ1) is 65.1. The van der Waals surface area contributed by atoms with Gasteiger partial charge in [0.2, 0.25) is 11.8 Å². The average Bonchev–Trinajstić information content (AvgIpc) is 1.65. The Labute approximate surface area is 520 Å². The summed E-state index contributed by atoms with van der Waals surface area (Å²) in [6.07, 6.45) is 17.6. The van der Waals surface area contributed by atoms with Crippen molar-refractivity contribution in [3.05, 3.63) is 94.0 Å². The number of carboxylic acid groups (broad SMARTS) is 1. The van der Waals surface area contributed by atoms with Crippen LogP contribution in [0.2, 0.25) is 10.0 Å². The number of ketones is 2. The number of methoxy groups -OCH3 is 1. The van der Waals surface area contributed by atoms with Gasteiger partial charge in [0, 0.05) is 71.5 Å². The van der Waals surface area contributed by atoms with Gasteiger partial charge in [-0.05, 0) is 129 Å². The van der Waals surface area contributed by atoms with E-state index in [1.165, 1.54) is 12.0 Å². The molecule has 87 heavy (non-hydrogen) atoms. The molecule has 0 aromatic heterocycles. The molecule has 10 rings (SSSR count). The summed E-state index contributed by atoms with van der Waals surface area (Å²) in [5.74, 6) is -4.96. The summed E-state index contributed by atoms with van der Waals surface area (Å²) < 4.78 is 16.3. The van der Waals surface area contributed by atoms with Crippen LogP contribution in [0.1, 0.15) is 181 Å². The number of carbonyl (C=O) groups is 8. The molecule has 18 nitrogen and oxygen atoms in total. The summed E-state index contributed by atoms with van der Waals surface area (Å²) in [5.41, 5.74) is -2.33. The zero-order valence-electron chi connectivity index (χ0n) is 51.2. The van der Waals surface area contributed by atoms with E-state index in [9.17, 15) is 43.5 Å². The topological polar surface area (TPSA) is 234 Å². The first-order valence-electron chi connectivity index (χ1n) is 30.9. The van der Waals surface area contributed by atoms with E-state index in [0.717, 1.165) is 62.5 Å². The minimum absolute atomic E-state index is 0.0298. The monoisotopic (exact) mass is 1240 g/mol. The van der Waals surface area contributed by atoms with Crippen molar-refractivity contribution in [2.75, 3.05) is 20.2 Å². The second kappa shape index (κ2) is 26.4. The van der Waals surface area contributed by atoms with Crippen molar-refractivity contribution < 1.29 is 67.3 Å². The highest BCUT2D eigenvalue weighted by atomic mass is 35.5. The molecule has 2 saturated heterocycles. The molecule has 0 radical (unpaired) electrons. The molecule has 2 saturated carbocycles. The summed E-state index contributed by atoms with van der Waals surface area (Å²) in [5, 5.41) is 20.0. The van der Waals surface area contributed by atoms with Gasteiger partial charge in [-0.1, -0.05) is 108 Å². The molecule has 2 aromatic carbocycles. The SMILES string of the molecule is CC(C)(C)OC(=O)C[C@H]1CCCCC/C=C\[C@@H]2C[C@@]2(C(=O)O)CC(=O)[C@@H]2C[C@]3(CC(c4cccc(Cl)c4)=NO3)CN2C1=O.COC(=O)[C@]12CC(=O)[C@@H]3C[C@]4(CC(c5cccc(Cl)c5)=NO4)CN3C(=O)[C@@H](CC(=O)OC(C)(C)C)CCCCC/C=C\[C@@H]1C2. The second-order valence-electron chi connectivity index (χ2n) is 27.5. The van der Waals surface area contributed by atoms with Crippen molar-refractivity contribution >= 4 is 81.9 Å². The Morgan fingerprint density at radius 2 is 1.03 bits per heavy atom. The van der Waals surface area contributed by atoms with Crippen molar-refractivity contribution in [3.63, 3.8) is 0 Å². The van der Waals surface area contributed by atoms with Crippen LogP contribution in [0.15, 0.2) is 83.1 Å². The Morgan fingerprint density at radius 3 is 1.45 bits per heavy atom. The highest BCUT2D eigenvalue weighted by Gasteiger charge is 2.64. The molecule has 2 amide bonds. The van der Waals surface area contributed by atoms with E-state index in [2.05, 4.69) is 16.4 Å². The number of amides is 2. The number of Topliss-reactive ketones (excluding diaryl/α,β-unsaturated/α-hetero) is 2. The summed E-state index contributed by atoms with van der Waals surface area (Å²) >= 11 is 12.4. The first-order valence-corrected chi connectivity index (χ1v) is 31.7. The van der Waals surface area contributed by atoms with Crippen LogP contribution in [0.3, 0.4) is 0 Å². The van der Waals surface area contributed by atoms with Crippen molar-refractivity contribution in [2.45, 2.75) is 204 Å². The Morgan fingerprint density at radius 1 is 0.609 bits per heavy atom. The highest BCUT2D eigenvalue weighted by Crippen LogP contribution is 2.59. The fraction of sp³-hybridized carbons (Fsp3) is 0.612. The third-order valence-electron chi connectivity index (χ3n) is 18.3.